The van der Waals surface area contributed by atoms with Crippen LogP contribution >= 0.6 is 11.3 Å². The number of nitrogens with one attached hydrogen (secondary N) is 1. The van der Waals surface area contributed by atoms with Crippen LogP contribution in [-0.4, -0.2) is 18.2 Å². The van der Waals surface area contributed by atoms with Gasteiger partial charge in [-0.3, -0.25) is 4.68 Å². The van der Waals surface area contributed by atoms with Crippen molar-refractivity contribution < 1.29 is 8.42 Å². The zero-order valence-corrected chi connectivity index (χ0v) is 12.4. The van der Waals surface area contributed by atoms with Crippen LogP contribution in [0.5, 0.6) is 0 Å². The van der Waals surface area contributed by atoms with Gasteiger partial charge in [-0.15, -0.1) is 11.3 Å². The second-order valence-corrected chi connectivity index (χ2v) is 7.09. The Hall–Kier alpha value is -1.22. The van der Waals surface area contributed by atoms with Crippen molar-refractivity contribution in [3.8, 4) is 0 Å². The molecule has 0 saturated heterocycles. The van der Waals surface area contributed by atoms with E-state index in [0.29, 0.717) is 6.54 Å². The van der Waals surface area contributed by atoms with E-state index in [0.717, 1.165) is 16.8 Å². The van der Waals surface area contributed by atoms with E-state index < -0.39 is 10.0 Å². The second-order valence-electron chi connectivity index (χ2n) is 4.18. The van der Waals surface area contributed by atoms with Crippen molar-refractivity contribution in [2.75, 3.05) is 0 Å². The fraction of sp³-hybridized carbons (Fsp3) is 0.364. The van der Waals surface area contributed by atoms with Gasteiger partial charge in [-0.1, -0.05) is 0 Å². The maximum absolute atomic E-state index is 12.1. The Kier molecular flexibility index (Phi) is 4.04. The predicted molar refractivity (Wildman–Crippen MR) is 74.2 cm³/mol. The summed E-state index contributed by atoms with van der Waals surface area (Å²) in [5.74, 6) is 0. The third-order valence-electron chi connectivity index (χ3n) is 2.92. The van der Waals surface area contributed by atoms with E-state index in [2.05, 4.69) is 9.82 Å². The maximum Gasteiger partial charge on any atom is 0.250 e. The van der Waals surface area contributed by atoms with Crippen LogP contribution in [0, 0.1) is 6.92 Å². The topological polar surface area (TPSA) is 90.0 Å². The number of sulfonamides is 1. The van der Waals surface area contributed by atoms with Crippen LogP contribution in [0.25, 0.3) is 0 Å². The number of rotatable bonds is 5. The highest BCUT2D eigenvalue weighted by molar-refractivity contribution is 7.91. The van der Waals surface area contributed by atoms with E-state index in [-0.39, 0.29) is 10.8 Å². The molecule has 2 aromatic rings. The van der Waals surface area contributed by atoms with Gasteiger partial charge in [0, 0.05) is 31.4 Å². The first-order valence-electron chi connectivity index (χ1n) is 5.68. The van der Waals surface area contributed by atoms with Gasteiger partial charge in [0.05, 0.1) is 6.20 Å². The van der Waals surface area contributed by atoms with Crippen LogP contribution in [0.3, 0.4) is 0 Å². The van der Waals surface area contributed by atoms with Gasteiger partial charge in [-0.2, -0.15) is 5.10 Å². The summed E-state index contributed by atoms with van der Waals surface area (Å²) in [4.78, 5) is 0. The molecule has 2 heterocycles. The summed E-state index contributed by atoms with van der Waals surface area (Å²) in [6.07, 6.45) is 1.66. The van der Waals surface area contributed by atoms with Crippen molar-refractivity contribution in [3.05, 3.63) is 34.5 Å². The molecule has 0 spiro atoms. The number of thiophene rings is 1. The summed E-state index contributed by atoms with van der Waals surface area (Å²) in [5.41, 5.74) is 8.10. The molecule has 2 aromatic heterocycles. The fourth-order valence-corrected chi connectivity index (χ4v) is 3.84. The number of hydrogen-bond acceptors (Lipinski definition) is 5. The summed E-state index contributed by atoms with van der Waals surface area (Å²) in [6.45, 7) is 2.47. The molecule has 0 unspecified atom stereocenters. The average Bonchev–Trinajstić information content (AvgIpc) is 2.97. The molecule has 0 aromatic carbocycles. The SMILES string of the molecule is Cc1c(CNS(=O)(=O)c2cc(CN)cs2)cnn1C. The Morgan fingerprint density at radius 1 is 1.53 bits per heavy atom. The lowest BCUT2D eigenvalue weighted by Gasteiger charge is -2.04. The molecule has 2 rings (SSSR count). The second kappa shape index (κ2) is 5.41. The molecule has 19 heavy (non-hydrogen) atoms. The quantitative estimate of drug-likeness (QED) is 0.851. The number of aryl methyl sites for hydroxylation is 1. The lowest BCUT2D eigenvalue weighted by molar-refractivity contribution is 0.583. The normalized spacial score (nSPS) is 11.9. The van der Waals surface area contributed by atoms with Crippen LogP contribution in [-0.2, 0) is 30.2 Å². The highest BCUT2D eigenvalue weighted by Crippen LogP contribution is 2.20. The summed E-state index contributed by atoms with van der Waals surface area (Å²) in [7, 11) is -1.66. The zero-order chi connectivity index (χ0) is 14.0. The predicted octanol–water partition coefficient (Wildman–Crippen LogP) is 0.727. The van der Waals surface area contributed by atoms with Gasteiger partial charge in [0.25, 0.3) is 0 Å². The summed E-state index contributed by atoms with van der Waals surface area (Å²) in [5, 5.41) is 5.83. The zero-order valence-electron chi connectivity index (χ0n) is 10.8. The monoisotopic (exact) mass is 300 g/mol. The van der Waals surface area contributed by atoms with Gasteiger partial charge in [0.2, 0.25) is 10.0 Å². The van der Waals surface area contributed by atoms with Gasteiger partial charge in [-0.05, 0) is 23.9 Å². The molecule has 0 amide bonds. The lowest BCUT2D eigenvalue weighted by Crippen LogP contribution is -2.22. The van der Waals surface area contributed by atoms with Crippen molar-refractivity contribution in [2.24, 2.45) is 12.8 Å². The molecule has 104 valence electrons. The molecule has 0 aliphatic heterocycles. The van der Waals surface area contributed by atoms with Gasteiger partial charge < -0.3 is 5.73 Å². The van der Waals surface area contributed by atoms with E-state index in [9.17, 15) is 8.42 Å². The highest BCUT2D eigenvalue weighted by Gasteiger charge is 2.17. The minimum absolute atomic E-state index is 0.234. The Morgan fingerprint density at radius 3 is 2.79 bits per heavy atom. The Bertz CT molecular complexity index is 673. The van der Waals surface area contributed by atoms with E-state index >= 15 is 0 Å². The molecule has 8 heteroatoms. The standard InChI is InChI=1S/C11H16N4O2S2/c1-8-10(5-13-15(8)2)6-14-19(16,17)11-3-9(4-12)7-18-11/h3,5,7,14H,4,6,12H2,1-2H3. The molecule has 0 radical (unpaired) electrons. The van der Waals surface area contributed by atoms with E-state index in [1.54, 1.807) is 22.3 Å². The third-order valence-corrected chi connectivity index (χ3v) is 5.81. The molecule has 0 aliphatic carbocycles. The number of aromatic nitrogens is 2. The van der Waals surface area contributed by atoms with Gasteiger partial charge in [0.1, 0.15) is 4.21 Å². The molecule has 0 aliphatic rings. The molecular weight excluding hydrogens is 284 g/mol. The van der Waals surface area contributed by atoms with Crippen molar-refractivity contribution in [1.29, 1.82) is 0 Å². The van der Waals surface area contributed by atoms with E-state index in [1.165, 1.54) is 11.3 Å². The minimum atomic E-state index is -3.48. The molecule has 0 saturated carbocycles. The Labute approximate surface area is 116 Å². The van der Waals surface area contributed by atoms with Crippen LogP contribution in [0.2, 0.25) is 0 Å². The van der Waals surface area contributed by atoms with Crippen LogP contribution < -0.4 is 10.5 Å². The van der Waals surface area contributed by atoms with Crippen LogP contribution in [0.1, 0.15) is 16.8 Å². The van der Waals surface area contributed by atoms with E-state index in [4.69, 9.17) is 5.73 Å². The largest absolute Gasteiger partial charge is 0.326 e. The fourth-order valence-electron chi connectivity index (χ4n) is 1.56. The highest BCUT2D eigenvalue weighted by atomic mass is 32.2. The van der Waals surface area contributed by atoms with Gasteiger partial charge in [0.15, 0.2) is 0 Å². The minimum Gasteiger partial charge on any atom is -0.326 e. The van der Waals surface area contributed by atoms with Crippen LogP contribution in [0.4, 0.5) is 0 Å². The molecule has 0 bridgehead atoms. The van der Waals surface area contributed by atoms with Gasteiger partial charge in [-0.25, -0.2) is 13.1 Å². The molecule has 6 nitrogen and oxygen atoms in total. The lowest BCUT2D eigenvalue weighted by atomic mass is 10.3. The molecule has 0 atom stereocenters. The Morgan fingerprint density at radius 2 is 2.26 bits per heavy atom. The maximum atomic E-state index is 12.1. The molecule has 0 fully saturated rings. The number of nitrogens with two attached hydrogens (primary N) is 1. The first kappa shape index (κ1) is 14.2. The third kappa shape index (κ3) is 3.03. The molecule has 3 N–H and O–H groups in total. The van der Waals surface area contributed by atoms with Gasteiger partial charge >= 0.3 is 0 Å². The summed E-state index contributed by atoms with van der Waals surface area (Å²) in [6, 6.07) is 1.60. The summed E-state index contributed by atoms with van der Waals surface area (Å²) < 4.78 is 28.7. The average molecular weight is 300 g/mol. The summed E-state index contributed by atoms with van der Waals surface area (Å²) >= 11 is 1.17. The van der Waals surface area contributed by atoms with E-state index in [1.807, 2.05) is 14.0 Å². The van der Waals surface area contributed by atoms with Crippen molar-refractivity contribution in [2.45, 2.75) is 24.2 Å². The number of nitrogens with zero attached hydrogens (tertiary/aromatic N) is 2. The first-order valence-corrected chi connectivity index (χ1v) is 8.05. The Balaban J connectivity index is 2.11. The van der Waals surface area contributed by atoms with Crippen molar-refractivity contribution in [1.82, 2.24) is 14.5 Å². The van der Waals surface area contributed by atoms with Crippen molar-refractivity contribution in [3.63, 3.8) is 0 Å². The first-order chi connectivity index (χ1) is 8.94. The number of hydrogen-bond donors (Lipinski definition) is 2. The van der Waals surface area contributed by atoms with Crippen molar-refractivity contribution >= 4 is 21.4 Å². The molecular formula is C11H16N4O2S2. The van der Waals surface area contributed by atoms with Crippen LogP contribution in [0.15, 0.2) is 21.9 Å². The smallest absolute Gasteiger partial charge is 0.250 e.